The smallest absolute Gasteiger partial charge is 0.303 e. The summed E-state index contributed by atoms with van der Waals surface area (Å²) in [4.78, 5) is 33.0. The summed E-state index contributed by atoms with van der Waals surface area (Å²) >= 11 is 0. The summed E-state index contributed by atoms with van der Waals surface area (Å²) in [6, 6.07) is 2.62. The number of aromatic amines is 1. The van der Waals surface area contributed by atoms with Gasteiger partial charge in [0.25, 0.3) is 5.56 Å². The highest BCUT2D eigenvalue weighted by molar-refractivity contribution is 5.67. The second-order valence-corrected chi connectivity index (χ2v) is 4.23. The molecule has 0 spiro atoms. The van der Waals surface area contributed by atoms with Gasteiger partial charge in [-0.15, -0.1) is 0 Å². The van der Waals surface area contributed by atoms with Crippen molar-refractivity contribution in [1.82, 2.24) is 15.0 Å². The van der Waals surface area contributed by atoms with Crippen LogP contribution in [-0.2, 0) is 11.2 Å². The van der Waals surface area contributed by atoms with Gasteiger partial charge in [-0.2, -0.15) is 0 Å². The fraction of sp³-hybridized carbons (Fsp3) is 0.231. The zero-order valence-corrected chi connectivity index (χ0v) is 10.7. The monoisotopic (exact) mass is 277 g/mol. The molecule has 0 aromatic carbocycles. The van der Waals surface area contributed by atoms with Crippen molar-refractivity contribution in [3.8, 4) is 11.5 Å². The molecule has 6 nitrogen and oxygen atoms in total. The van der Waals surface area contributed by atoms with Crippen molar-refractivity contribution in [2.45, 2.75) is 19.8 Å². The van der Waals surface area contributed by atoms with Gasteiger partial charge in [-0.3, -0.25) is 9.59 Å². The number of carboxylic acids is 1. The molecule has 0 amide bonds. The van der Waals surface area contributed by atoms with E-state index in [1.807, 2.05) is 0 Å². The van der Waals surface area contributed by atoms with Gasteiger partial charge in [0, 0.05) is 17.7 Å². The van der Waals surface area contributed by atoms with Crippen LogP contribution in [0.2, 0.25) is 0 Å². The third-order valence-electron chi connectivity index (χ3n) is 2.78. The number of nitrogens with one attached hydrogen (secondary N) is 1. The fourth-order valence-electron chi connectivity index (χ4n) is 1.77. The maximum atomic E-state index is 12.8. The lowest BCUT2D eigenvalue weighted by atomic mass is 10.1. The highest BCUT2D eigenvalue weighted by Crippen LogP contribution is 2.12. The molecule has 0 saturated carbocycles. The van der Waals surface area contributed by atoms with E-state index in [-0.39, 0.29) is 18.7 Å². The molecule has 2 rings (SSSR count). The molecule has 0 atom stereocenters. The van der Waals surface area contributed by atoms with Crippen LogP contribution >= 0.6 is 0 Å². The minimum atomic E-state index is -0.979. The van der Waals surface area contributed by atoms with Crippen LogP contribution in [0.3, 0.4) is 0 Å². The largest absolute Gasteiger partial charge is 0.481 e. The van der Waals surface area contributed by atoms with Gasteiger partial charge in [0.2, 0.25) is 0 Å². The van der Waals surface area contributed by atoms with Crippen molar-refractivity contribution in [3.05, 3.63) is 45.8 Å². The minimum Gasteiger partial charge on any atom is -0.481 e. The van der Waals surface area contributed by atoms with Crippen LogP contribution < -0.4 is 5.56 Å². The van der Waals surface area contributed by atoms with Gasteiger partial charge in [0.1, 0.15) is 11.5 Å². The van der Waals surface area contributed by atoms with Crippen LogP contribution in [0, 0.1) is 12.7 Å². The summed E-state index contributed by atoms with van der Waals surface area (Å²) in [6.45, 7) is 1.62. The fourth-order valence-corrected chi connectivity index (χ4v) is 1.77. The topological polar surface area (TPSA) is 95.9 Å². The van der Waals surface area contributed by atoms with Gasteiger partial charge in [-0.25, -0.2) is 14.4 Å². The Bertz CT molecular complexity index is 695. The highest BCUT2D eigenvalue weighted by Gasteiger charge is 2.11. The van der Waals surface area contributed by atoms with E-state index in [2.05, 4.69) is 15.0 Å². The zero-order valence-electron chi connectivity index (χ0n) is 10.7. The summed E-state index contributed by atoms with van der Waals surface area (Å²) in [5, 5.41) is 8.64. The van der Waals surface area contributed by atoms with Gasteiger partial charge >= 0.3 is 5.97 Å². The predicted octanol–water partition coefficient (Wildman–Crippen LogP) is 1.30. The Morgan fingerprint density at radius 1 is 1.45 bits per heavy atom. The summed E-state index contributed by atoms with van der Waals surface area (Å²) in [7, 11) is 0. The number of pyridine rings is 1. The predicted molar refractivity (Wildman–Crippen MR) is 68.7 cm³/mol. The normalized spacial score (nSPS) is 10.5. The van der Waals surface area contributed by atoms with Gasteiger partial charge in [-0.1, -0.05) is 0 Å². The van der Waals surface area contributed by atoms with Crippen molar-refractivity contribution in [1.29, 1.82) is 0 Å². The maximum absolute atomic E-state index is 12.8. The Kier molecular flexibility index (Phi) is 3.88. The first kappa shape index (κ1) is 13.9. The molecule has 2 N–H and O–H groups in total. The number of nitrogens with zero attached hydrogens (tertiary/aromatic N) is 2. The molecule has 0 unspecified atom stereocenters. The second kappa shape index (κ2) is 5.60. The number of aromatic nitrogens is 3. The van der Waals surface area contributed by atoms with E-state index < -0.39 is 17.3 Å². The number of aliphatic carboxylic acids is 1. The lowest BCUT2D eigenvalue weighted by molar-refractivity contribution is -0.136. The van der Waals surface area contributed by atoms with E-state index in [1.54, 1.807) is 6.92 Å². The third kappa shape index (κ3) is 3.05. The first-order valence-corrected chi connectivity index (χ1v) is 5.91. The molecule has 104 valence electrons. The molecule has 2 aromatic rings. The quantitative estimate of drug-likeness (QED) is 0.878. The van der Waals surface area contributed by atoms with E-state index in [9.17, 15) is 14.0 Å². The number of halogens is 1. The van der Waals surface area contributed by atoms with Crippen LogP contribution in [0.4, 0.5) is 4.39 Å². The Hall–Kier alpha value is -2.57. The van der Waals surface area contributed by atoms with E-state index >= 15 is 0 Å². The van der Waals surface area contributed by atoms with Crippen LogP contribution in [0.25, 0.3) is 11.5 Å². The van der Waals surface area contributed by atoms with Crippen molar-refractivity contribution >= 4 is 5.97 Å². The average molecular weight is 277 g/mol. The summed E-state index contributed by atoms with van der Waals surface area (Å²) < 4.78 is 12.8. The number of rotatable bonds is 4. The number of hydrogen-bond acceptors (Lipinski definition) is 4. The first-order valence-electron chi connectivity index (χ1n) is 5.91. The number of carboxylic acid groups (broad SMARTS) is 1. The lowest BCUT2D eigenvalue weighted by Gasteiger charge is -2.06. The van der Waals surface area contributed by atoms with Crippen LogP contribution in [0.5, 0.6) is 0 Å². The molecule has 0 aliphatic heterocycles. The van der Waals surface area contributed by atoms with E-state index in [4.69, 9.17) is 5.11 Å². The third-order valence-corrected chi connectivity index (χ3v) is 2.78. The van der Waals surface area contributed by atoms with Crippen LogP contribution in [-0.4, -0.2) is 26.0 Å². The van der Waals surface area contributed by atoms with E-state index in [1.165, 1.54) is 12.1 Å². The molecule has 20 heavy (non-hydrogen) atoms. The van der Waals surface area contributed by atoms with Crippen molar-refractivity contribution in [2.75, 3.05) is 0 Å². The average Bonchev–Trinajstić information content (AvgIpc) is 2.38. The lowest BCUT2D eigenvalue weighted by Crippen LogP contribution is -2.18. The van der Waals surface area contributed by atoms with Gasteiger partial charge in [0.05, 0.1) is 6.20 Å². The molecule has 7 heteroatoms. The van der Waals surface area contributed by atoms with Crippen molar-refractivity contribution < 1.29 is 14.3 Å². The SMILES string of the molecule is Cc1nc(-c2ccc(F)cn2)[nH]c(=O)c1CCC(=O)O. The maximum Gasteiger partial charge on any atom is 0.303 e. The van der Waals surface area contributed by atoms with E-state index in [0.717, 1.165) is 6.20 Å². The van der Waals surface area contributed by atoms with E-state index in [0.29, 0.717) is 17.0 Å². The Morgan fingerprint density at radius 3 is 2.75 bits per heavy atom. The van der Waals surface area contributed by atoms with Gasteiger partial charge < -0.3 is 10.1 Å². The van der Waals surface area contributed by atoms with Crippen LogP contribution in [0.15, 0.2) is 23.1 Å². The molecular weight excluding hydrogens is 265 g/mol. The van der Waals surface area contributed by atoms with Crippen LogP contribution in [0.1, 0.15) is 17.7 Å². The standard InChI is InChI=1S/C13H12FN3O3/c1-7-9(3-5-11(18)19)13(20)17-12(16-7)10-4-2-8(14)6-15-10/h2,4,6H,3,5H2,1H3,(H,18,19)(H,16,17,20). The molecule has 0 fully saturated rings. The second-order valence-electron chi connectivity index (χ2n) is 4.23. The molecule has 0 bridgehead atoms. The highest BCUT2D eigenvalue weighted by atomic mass is 19.1. The van der Waals surface area contributed by atoms with Gasteiger partial charge in [-0.05, 0) is 25.5 Å². The van der Waals surface area contributed by atoms with Crippen molar-refractivity contribution in [3.63, 3.8) is 0 Å². The Balaban J connectivity index is 2.37. The number of aryl methyl sites for hydroxylation is 1. The molecular formula is C13H12FN3O3. The minimum absolute atomic E-state index is 0.112. The molecule has 0 aliphatic rings. The zero-order chi connectivity index (χ0) is 14.7. The number of carbonyl (C=O) groups is 1. The molecule has 0 radical (unpaired) electrons. The molecule has 2 aromatic heterocycles. The summed E-state index contributed by atoms with van der Waals surface area (Å²) in [5.74, 6) is -1.23. The first-order chi connectivity index (χ1) is 9.47. The Labute approximate surface area is 113 Å². The van der Waals surface area contributed by atoms with Crippen molar-refractivity contribution in [2.24, 2.45) is 0 Å². The molecule has 0 aliphatic carbocycles. The molecule has 0 saturated heterocycles. The summed E-state index contributed by atoms with van der Waals surface area (Å²) in [5.41, 5.74) is 0.714. The molecule has 2 heterocycles. The number of hydrogen-bond donors (Lipinski definition) is 2. The number of H-pyrrole nitrogens is 1. The summed E-state index contributed by atoms with van der Waals surface area (Å²) in [6.07, 6.45) is 1.00. The van der Waals surface area contributed by atoms with Gasteiger partial charge in [0.15, 0.2) is 5.82 Å². The Morgan fingerprint density at radius 2 is 2.20 bits per heavy atom.